The number of guanidine groups is 1. The Hall–Kier alpha value is -9.07. The van der Waals surface area contributed by atoms with Crippen LogP contribution in [-0.4, -0.2) is 156 Å². The number of anilines is 2. The average molecular weight is 1150 g/mol. The summed E-state index contributed by atoms with van der Waals surface area (Å²) < 4.78 is 0. The van der Waals surface area contributed by atoms with E-state index in [0.29, 0.717) is 40.9 Å². The Balaban J connectivity index is 1.28. The van der Waals surface area contributed by atoms with Gasteiger partial charge in [0.15, 0.2) is 5.96 Å². The summed E-state index contributed by atoms with van der Waals surface area (Å²) in [6.07, 6.45) is 3.75. The van der Waals surface area contributed by atoms with Crippen LogP contribution in [0.5, 0.6) is 5.75 Å². The third kappa shape index (κ3) is 18.0. The highest BCUT2D eigenvalue weighted by molar-refractivity contribution is 6.00. The van der Waals surface area contributed by atoms with Crippen LogP contribution in [0.4, 0.5) is 11.4 Å². The number of fused-ring (bicyclic) bond motifs is 1. The second-order valence-corrected chi connectivity index (χ2v) is 21.3. The Morgan fingerprint density at radius 3 is 2.22 bits per heavy atom. The number of benzene rings is 3. The number of H-pyrrole nitrogens is 1. The first-order valence-corrected chi connectivity index (χ1v) is 27.6. The van der Waals surface area contributed by atoms with Crippen molar-refractivity contribution in [1.82, 2.24) is 41.0 Å². The zero-order chi connectivity index (χ0) is 60.5. The molecule has 0 aliphatic carbocycles. The van der Waals surface area contributed by atoms with Gasteiger partial charge in [-0.2, -0.15) is 0 Å². The number of rotatable bonds is 28. The molecule has 26 heteroatoms. The Labute approximate surface area is 480 Å². The standard InChI is InChI=1S/C57H76N14O12/c1-5-32(4)48-55(81)70(29-45(73)65-42(25-38-27-61-30-63-38)54(80)71-20-10-14-44(71)52(78)67-43(56(82)83)22-33-11-7-6-8-12-33)28-36-24-37(23-35(49(36)68-48)21-34-15-17-39(72)18-16-34)64-53(79)47(31(2)3)69-51(77)41(13-9-19-62-57(59)60)66-50(76)40(58)26-46(74)75/h6-8,11-12,15-18,23-24,27,30-32,40-44,47-48,68,72H,5,9-10,13-14,19-22,25-26,28-29,58H2,1-4H3,(H,61,63)(H,64,79)(H,65,73)(H,66,76)(H,67,78)(H,69,77)(H,74,75)(H,82,83)(H4,59,60,62)/t32?,40-,41-,42-,43-,44-,47-,48-/m0/s1. The van der Waals surface area contributed by atoms with E-state index in [0.717, 1.165) is 5.56 Å². The molecule has 6 rings (SSSR count). The molecular weight excluding hydrogens is 1070 g/mol. The van der Waals surface area contributed by atoms with Gasteiger partial charge in [0.25, 0.3) is 0 Å². The van der Waals surface area contributed by atoms with Gasteiger partial charge in [-0.3, -0.25) is 43.3 Å². The molecule has 2 aliphatic heterocycles. The third-order valence-corrected chi connectivity index (χ3v) is 14.6. The number of aromatic amines is 1. The molecule has 1 fully saturated rings. The number of likely N-dealkylation sites (tertiary alicyclic amines) is 1. The van der Waals surface area contributed by atoms with E-state index in [1.165, 1.54) is 34.5 Å². The predicted molar refractivity (Wildman–Crippen MR) is 306 cm³/mol. The molecule has 16 N–H and O–H groups in total. The smallest absolute Gasteiger partial charge is 0.326 e. The molecule has 3 heterocycles. The number of amides is 7. The van der Waals surface area contributed by atoms with Crippen molar-refractivity contribution < 1.29 is 58.5 Å². The zero-order valence-electron chi connectivity index (χ0n) is 46.9. The first-order valence-electron chi connectivity index (χ1n) is 27.6. The van der Waals surface area contributed by atoms with Crippen LogP contribution in [0.2, 0.25) is 0 Å². The molecule has 1 saturated heterocycles. The molecule has 0 bridgehead atoms. The lowest BCUT2D eigenvalue weighted by Crippen LogP contribution is -2.57. The van der Waals surface area contributed by atoms with Gasteiger partial charge in [-0.15, -0.1) is 0 Å². The highest BCUT2D eigenvalue weighted by Gasteiger charge is 2.41. The summed E-state index contributed by atoms with van der Waals surface area (Å²) in [4.78, 5) is 137. The SMILES string of the molecule is CCC(C)[C@@H]1Nc2c(Cc3ccc(O)cc3)cc(NC(=O)[C@@H](NC(=O)[C@H](CCCN=C(N)N)NC(=O)[C@@H](N)CC(=O)O)C(C)C)cc2CN(CC(=O)N[C@@H](Cc2cnc[nH]2)C(=O)N2CCC[C@H]2C(=O)N[C@@H](Cc2ccccc2)C(=O)O)C1=O. The van der Waals surface area contributed by atoms with Crippen molar-refractivity contribution in [2.75, 3.05) is 30.3 Å². The van der Waals surface area contributed by atoms with Crippen LogP contribution in [0.1, 0.15) is 94.2 Å². The lowest BCUT2D eigenvalue weighted by molar-refractivity contribution is -0.145. The zero-order valence-corrected chi connectivity index (χ0v) is 46.9. The lowest BCUT2D eigenvalue weighted by Gasteiger charge is -2.30. The Morgan fingerprint density at radius 2 is 1.58 bits per heavy atom. The molecule has 3 aromatic carbocycles. The number of carbonyl (C=O) groups is 9. The summed E-state index contributed by atoms with van der Waals surface area (Å²) in [5, 5.41) is 46.5. The molecule has 0 saturated carbocycles. The van der Waals surface area contributed by atoms with Crippen molar-refractivity contribution in [1.29, 1.82) is 0 Å². The number of carboxylic acids is 2. The number of aliphatic carboxylic acids is 2. The number of phenolic OH excluding ortho intramolecular Hbond substituents is 1. The molecule has 2 aliphatic rings. The minimum atomic E-state index is -1.49. The number of imidazole rings is 1. The minimum Gasteiger partial charge on any atom is -0.508 e. The molecule has 1 aromatic heterocycles. The van der Waals surface area contributed by atoms with Crippen LogP contribution in [0.25, 0.3) is 0 Å². The van der Waals surface area contributed by atoms with Crippen molar-refractivity contribution in [2.24, 2.45) is 34.0 Å². The average Bonchev–Trinajstić information content (AvgIpc) is 4.26. The summed E-state index contributed by atoms with van der Waals surface area (Å²) in [6, 6.07) is 10.2. The van der Waals surface area contributed by atoms with Crippen LogP contribution in [0, 0.1) is 11.8 Å². The molecule has 0 spiro atoms. The van der Waals surface area contributed by atoms with Crippen LogP contribution in [0.3, 0.4) is 0 Å². The molecule has 446 valence electrons. The lowest BCUT2D eigenvalue weighted by atomic mass is 9.95. The van der Waals surface area contributed by atoms with Crippen molar-refractivity contribution in [3.63, 3.8) is 0 Å². The first-order chi connectivity index (χ1) is 39.5. The molecule has 0 radical (unpaired) electrons. The van der Waals surface area contributed by atoms with Crippen molar-refractivity contribution >= 4 is 70.6 Å². The number of carbonyl (C=O) groups excluding carboxylic acids is 7. The summed E-state index contributed by atoms with van der Waals surface area (Å²) in [7, 11) is 0. The fourth-order valence-electron chi connectivity index (χ4n) is 9.97. The van der Waals surface area contributed by atoms with Gasteiger partial charge in [0.1, 0.15) is 42.0 Å². The number of hydrogen-bond acceptors (Lipinski definition) is 14. The van der Waals surface area contributed by atoms with E-state index in [-0.39, 0.29) is 81.5 Å². The number of phenols is 1. The quantitative estimate of drug-likeness (QED) is 0.0213. The Kier molecular flexibility index (Phi) is 22.5. The van der Waals surface area contributed by atoms with Crippen molar-refractivity contribution in [3.8, 4) is 5.75 Å². The van der Waals surface area contributed by atoms with Gasteiger partial charge in [-0.05, 0) is 90.5 Å². The van der Waals surface area contributed by atoms with Gasteiger partial charge in [0, 0.05) is 55.7 Å². The number of carboxylic acid groups (broad SMARTS) is 2. The fraction of sp³-hybridized carbons (Fsp3) is 0.456. The summed E-state index contributed by atoms with van der Waals surface area (Å²) in [5.41, 5.74) is 20.6. The van der Waals surface area contributed by atoms with Gasteiger partial charge < -0.3 is 79.2 Å². The third-order valence-electron chi connectivity index (χ3n) is 14.6. The number of nitrogens with zero attached hydrogens (tertiary/aromatic N) is 4. The van der Waals surface area contributed by atoms with Crippen LogP contribution in [-0.2, 0) is 69.0 Å². The second-order valence-electron chi connectivity index (χ2n) is 21.3. The maximum Gasteiger partial charge on any atom is 0.326 e. The minimum absolute atomic E-state index is 0.00789. The highest BCUT2D eigenvalue weighted by Crippen LogP contribution is 2.35. The van der Waals surface area contributed by atoms with Gasteiger partial charge in [-0.1, -0.05) is 76.6 Å². The van der Waals surface area contributed by atoms with Gasteiger partial charge in [-0.25, -0.2) is 9.78 Å². The van der Waals surface area contributed by atoms with E-state index >= 15 is 0 Å². The molecule has 1 unspecified atom stereocenters. The fourth-order valence-corrected chi connectivity index (χ4v) is 9.97. The maximum absolute atomic E-state index is 14.9. The Bertz CT molecular complexity index is 2970. The van der Waals surface area contributed by atoms with Crippen LogP contribution >= 0.6 is 0 Å². The molecular formula is C57H76N14O12. The number of aliphatic imine (C=N–C) groups is 1. The molecule has 26 nitrogen and oxygen atoms in total. The molecule has 4 aromatic rings. The monoisotopic (exact) mass is 1150 g/mol. The first kappa shape index (κ1) is 63.1. The summed E-state index contributed by atoms with van der Waals surface area (Å²) in [6.45, 7) is 6.71. The highest BCUT2D eigenvalue weighted by atomic mass is 16.4. The molecule has 7 amide bonds. The van der Waals surface area contributed by atoms with Crippen LogP contribution in [0.15, 0.2) is 84.2 Å². The van der Waals surface area contributed by atoms with Crippen molar-refractivity contribution in [2.45, 2.75) is 134 Å². The maximum atomic E-state index is 14.9. The van der Waals surface area contributed by atoms with Crippen LogP contribution < -0.4 is 49.1 Å². The van der Waals surface area contributed by atoms with Crippen molar-refractivity contribution in [3.05, 3.63) is 107 Å². The van der Waals surface area contributed by atoms with E-state index in [1.54, 1.807) is 68.4 Å². The largest absolute Gasteiger partial charge is 0.508 e. The van der Waals surface area contributed by atoms with E-state index in [4.69, 9.17) is 17.2 Å². The number of nitrogens with two attached hydrogens (primary N) is 3. The predicted octanol–water partition coefficient (Wildman–Crippen LogP) is 0.825. The topological polar surface area (TPSA) is 412 Å². The second kappa shape index (κ2) is 29.6. The van der Waals surface area contributed by atoms with E-state index in [2.05, 4.69) is 46.9 Å². The van der Waals surface area contributed by atoms with E-state index in [1.807, 2.05) is 13.8 Å². The number of hydrogen-bond donors (Lipinski definition) is 13. The molecule has 8 atom stereocenters. The van der Waals surface area contributed by atoms with E-state index < -0.39 is 114 Å². The number of aromatic hydroxyl groups is 1. The number of nitrogens with one attached hydrogen (secondary N) is 7. The van der Waals surface area contributed by atoms with Gasteiger partial charge in [0.2, 0.25) is 41.4 Å². The summed E-state index contributed by atoms with van der Waals surface area (Å²) >= 11 is 0. The molecule has 83 heavy (non-hydrogen) atoms. The Morgan fingerprint density at radius 1 is 0.855 bits per heavy atom. The van der Waals surface area contributed by atoms with E-state index in [9.17, 15) is 58.5 Å². The van der Waals surface area contributed by atoms with Gasteiger partial charge in [0.05, 0.1) is 25.3 Å². The summed E-state index contributed by atoms with van der Waals surface area (Å²) in [5.74, 6) is -8.32. The normalized spacial score (nSPS) is 17.0. The number of aromatic nitrogens is 2. The van der Waals surface area contributed by atoms with Gasteiger partial charge >= 0.3 is 11.9 Å².